The number of halogens is 6. The zero-order valence-electron chi connectivity index (χ0n) is 42.6. The summed E-state index contributed by atoms with van der Waals surface area (Å²) >= 11 is 0. The molecule has 78 heavy (non-hydrogen) atoms. The van der Waals surface area contributed by atoms with Gasteiger partial charge in [0.2, 0.25) is 11.9 Å². The average molecular weight is 1090 g/mol. The molecular weight excluding hydrogens is 1030 g/mol. The first-order valence-corrected chi connectivity index (χ1v) is 24.9. The van der Waals surface area contributed by atoms with Crippen LogP contribution in [0.4, 0.5) is 66.0 Å². The molecule has 4 aromatic heterocycles. The first-order valence-electron chi connectivity index (χ1n) is 24.9. The molecule has 0 unspecified atom stereocenters. The molecule has 21 nitrogen and oxygen atoms in total. The van der Waals surface area contributed by atoms with Gasteiger partial charge in [-0.05, 0) is 64.8 Å². The number of nitrogens with one attached hydrogen (secondary N) is 2. The fraction of sp³-hybridized carbons (Fsp3) is 0.431. The van der Waals surface area contributed by atoms with E-state index in [0.717, 1.165) is 49.5 Å². The summed E-state index contributed by atoms with van der Waals surface area (Å²) in [6.45, 7) is 12.2. The van der Waals surface area contributed by atoms with Crippen LogP contribution in [0.3, 0.4) is 0 Å². The highest BCUT2D eigenvalue weighted by Gasteiger charge is 2.42. The van der Waals surface area contributed by atoms with Crippen molar-refractivity contribution >= 4 is 40.9 Å². The summed E-state index contributed by atoms with van der Waals surface area (Å²) < 4.78 is 112. The van der Waals surface area contributed by atoms with Crippen molar-refractivity contribution in [2.75, 3.05) is 83.7 Å². The average Bonchev–Trinajstić information content (AvgIpc) is 4.37. The molecule has 2 aromatic carbocycles. The first kappa shape index (κ1) is 53.6. The van der Waals surface area contributed by atoms with Crippen molar-refractivity contribution in [1.29, 1.82) is 0 Å². The second-order valence-corrected chi connectivity index (χ2v) is 19.8. The predicted octanol–water partition coefficient (Wildman–Crippen LogP) is 7.87. The molecule has 0 radical (unpaired) electrons. The minimum absolute atomic E-state index is 0.0625. The number of anilines is 6. The van der Waals surface area contributed by atoms with Gasteiger partial charge < -0.3 is 49.3 Å². The number of urea groups is 1. The number of nitrogen functional groups attached to an aromatic ring is 1. The lowest BCUT2D eigenvalue weighted by atomic mass is 10.1. The van der Waals surface area contributed by atoms with E-state index in [4.69, 9.17) is 34.2 Å². The molecule has 6 aliphatic rings. The minimum atomic E-state index is -4.50. The lowest BCUT2D eigenvalue weighted by molar-refractivity contribution is -0.141. The standard InChI is InChI=1S/C26H26F3N7O4.C15H13F3N4.C10H15N3O3/c1-25(2)39-14-19(40-25)13-38-18-9-31-23(32-10-18)34-24(37)36-17-6-7-35(12-17)20-11-30-21(33-22(20)36)15-4-3-5-16(8-15)26(27,28)29;16-15(17,18)10-3-1-2-9(6-10)13-19-7-12-14(21-13)20-11-4-5-22(12)8-11;1-10(2)15-6-8(16-10)5-14-7-3-12-9(11)13-4-7/h3-5,8-11,17,19H,6-7,12-14H2,1-2H3,(H,31,32,34,37);1-3,6-7,11H,4-5,8H2,(H,19,20,21);3-4,8H,5-6H2,1-2H3,(H2,11,12,13)/t17-,19-;11-;8-/m000/s1. The van der Waals surface area contributed by atoms with Crippen LogP contribution in [0.25, 0.3) is 22.8 Å². The minimum Gasteiger partial charge on any atom is -0.488 e. The molecule has 12 rings (SSSR count). The van der Waals surface area contributed by atoms with Crippen LogP contribution in [0.1, 0.15) is 51.7 Å². The Bertz CT molecular complexity index is 3100. The summed E-state index contributed by atoms with van der Waals surface area (Å²) in [7, 11) is 0. The Hall–Kier alpha value is -7.75. The molecule has 6 aromatic rings. The Kier molecular flexibility index (Phi) is 14.8. The van der Waals surface area contributed by atoms with Crippen molar-refractivity contribution in [1.82, 2.24) is 39.9 Å². The molecule has 412 valence electrons. The molecule has 0 aliphatic carbocycles. The lowest BCUT2D eigenvalue weighted by Crippen LogP contribution is -2.48. The number of carbonyl (C=O) groups is 1. The number of fused-ring (bicyclic) bond motifs is 8. The van der Waals surface area contributed by atoms with E-state index in [1.165, 1.54) is 47.9 Å². The van der Waals surface area contributed by atoms with Crippen LogP contribution in [0, 0.1) is 0 Å². The number of rotatable bonds is 9. The van der Waals surface area contributed by atoms with Crippen molar-refractivity contribution in [3.8, 4) is 34.3 Å². The zero-order valence-corrected chi connectivity index (χ0v) is 42.6. The molecule has 6 aliphatic heterocycles. The summed E-state index contributed by atoms with van der Waals surface area (Å²) in [6, 6.07) is 9.56. The van der Waals surface area contributed by atoms with Gasteiger partial charge >= 0.3 is 18.4 Å². The molecule has 0 saturated carbocycles. The second-order valence-electron chi connectivity index (χ2n) is 19.8. The highest BCUT2D eigenvalue weighted by atomic mass is 19.4. The van der Waals surface area contributed by atoms with E-state index < -0.39 is 41.1 Å². The molecule has 4 saturated heterocycles. The van der Waals surface area contributed by atoms with Gasteiger partial charge in [0.25, 0.3) is 0 Å². The van der Waals surface area contributed by atoms with Gasteiger partial charge in [-0.3, -0.25) is 10.2 Å². The third kappa shape index (κ3) is 12.6. The Balaban J connectivity index is 0.000000151. The van der Waals surface area contributed by atoms with Crippen LogP contribution in [0.2, 0.25) is 0 Å². The molecule has 0 spiro atoms. The normalized spacial score (nSPS) is 21.3. The third-order valence-corrected chi connectivity index (χ3v) is 13.1. The van der Waals surface area contributed by atoms with Gasteiger partial charge in [-0.25, -0.2) is 44.7 Å². The molecule has 4 N–H and O–H groups in total. The van der Waals surface area contributed by atoms with Crippen LogP contribution < -0.4 is 40.5 Å². The van der Waals surface area contributed by atoms with Gasteiger partial charge in [-0.2, -0.15) is 26.3 Å². The van der Waals surface area contributed by atoms with Gasteiger partial charge in [0.15, 0.2) is 46.4 Å². The SMILES string of the molecule is CC1(C)OC[C@H](COc2cnc(N)nc2)O1.CC1(C)OC[C@H](COc2cnc(NC(=O)N3c4nc(-c5cccc(C(F)(F)F)c5)ncc4N4CC[C@H]3C4)nc2)O1.FC(F)(F)c1cccc(-c2ncc3c(n2)N[C@H]2CCN3C2)c1. The predicted molar refractivity (Wildman–Crippen MR) is 271 cm³/mol. The maximum absolute atomic E-state index is 13.4. The third-order valence-electron chi connectivity index (χ3n) is 13.1. The maximum atomic E-state index is 13.4. The van der Waals surface area contributed by atoms with Gasteiger partial charge in [0.1, 0.15) is 25.4 Å². The molecule has 4 fully saturated rings. The zero-order chi connectivity index (χ0) is 55.0. The van der Waals surface area contributed by atoms with Crippen molar-refractivity contribution in [3.63, 3.8) is 0 Å². The molecule has 27 heteroatoms. The number of hydrogen-bond acceptors (Lipinski definition) is 19. The van der Waals surface area contributed by atoms with E-state index >= 15 is 0 Å². The molecule has 4 bridgehead atoms. The molecule has 10 heterocycles. The van der Waals surface area contributed by atoms with E-state index in [1.54, 1.807) is 18.5 Å². The van der Waals surface area contributed by atoms with Gasteiger partial charge in [0, 0.05) is 43.3 Å². The Labute approximate surface area is 442 Å². The van der Waals surface area contributed by atoms with Crippen molar-refractivity contribution in [2.45, 2.75) is 88.8 Å². The quantitative estimate of drug-likeness (QED) is 0.117. The second kappa shape index (κ2) is 21.6. The van der Waals surface area contributed by atoms with E-state index in [2.05, 4.69) is 60.3 Å². The van der Waals surface area contributed by atoms with Gasteiger partial charge in [-0.15, -0.1) is 0 Å². The van der Waals surface area contributed by atoms with Crippen LogP contribution >= 0.6 is 0 Å². The number of benzene rings is 2. The van der Waals surface area contributed by atoms with Crippen molar-refractivity contribution in [2.24, 2.45) is 0 Å². The Morgan fingerprint density at radius 3 is 1.78 bits per heavy atom. The smallest absolute Gasteiger partial charge is 0.416 e. The maximum Gasteiger partial charge on any atom is 0.416 e. The van der Waals surface area contributed by atoms with Crippen molar-refractivity contribution < 1.29 is 59.6 Å². The number of ether oxygens (including phenoxy) is 6. The topological polar surface area (TPSA) is 235 Å². The van der Waals surface area contributed by atoms with Gasteiger partial charge in [0.05, 0.1) is 78.9 Å². The highest BCUT2D eigenvalue weighted by molar-refractivity contribution is 6.03. The number of aromatic nitrogens is 8. The lowest BCUT2D eigenvalue weighted by Gasteiger charge is -2.35. The molecule has 2 amide bonds. The summed E-state index contributed by atoms with van der Waals surface area (Å²) in [5.41, 5.74) is 5.98. The fourth-order valence-corrected chi connectivity index (χ4v) is 9.40. The summed E-state index contributed by atoms with van der Waals surface area (Å²) in [5, 5.41) is 6.02. The monoisotopic (exact) mass is 1090 g/mol. The van der Waals surface area contributed by atoms with E-state index in [1.807, 2.05) is 27.7 Å². The van der Waals surface area contributed by atoms with Crippen molar-refractivity contribution in [3.05, 3.63) is 96.8 Å². The van der Waals surface area contributed by atoms with Crippen LogP contribution in [-0.4, -0.2) is 134 Å². The summed E-state index contributed by atoms with van der Waals surface area (Å²) in [6.07, 6.45) is 1.76. The molecule has 4 atom stereocenters. The van der Waals surface area contributed by atoms with Gasteiger partial charge in [-0.1, -0.05) is 24.3 Å². The number of alkyl halides is 6. The van der Waals surface area contributed by atoms with Crippen LogP contribution in [0.5, 0.6) is 11.5 Å². The number of nitrogens with two attached hydrogens (primary N) is 1. The number of nitrogens with zero attached hydrogens (tertiary/aromatic N) is 11. The van der Waals surface area contributed by atoms with Crippen LogP contribution in [0.15, 0.2) is 85.7 Å². The Morgan fingerprint density at radius 1 is 0.705 bits per heavy atom. The van der Waals surface area contributed by atoms with Crippen LogP contribution in [-0.2, 0) is 31.3 Å². The highest BCUT2D eigenvalue weighted by Crippen LogP contribution is 2.41. The van der Waals surface area contributed by atoms with E-state index in [0.29, 0.717) is 85.6 Å². The largest absolute Gasteiger partial charge is 0.488 e. The van der Waals surface area contributed by atoms with E-state index in [9.17, 15) is 31.1 Å². The first-order chi connectivity index (χ1) is 37.1. The number of carbonyl (C=O) groups excluding carboxylic acids is 1. The fourth-order valence-electron chi connectivity index (χ4n) is 9.40. The summed E-state index contributed by atoms with van der Waals surface area (Å²) in [5.74, 6) is 1.50. The number of hydrogen-bond donors (Lipinski definition) is 3. The summed E-state index contributed by atoms with van der Waals surface area (Å²) in [4.78, 5) is 52.7. The Morgan fingerprint density at radius 2 is 1.23 bits per heavy atom. The van der Waals surface area contributed by atoms with E-state index in [-0.39, 0.29) is 48.1 Å². The molecular formula is C51H54F6N14O7. The number of amides is 2.